The maximum Gasteiger partial charge on any atom is 0.242 e. The van der Waals surface area contributed by atoms with Crippen LogP contribution in [0, 0.1) is 11.7 Å². The fourth-order valence-electron chi connectivity index (χ4n) is 2.82. The first kappa shape index (κ1) is 13.4. The fraction of sp³-hybridized carbons (Fsp3) is 0.429. The Bertz CT molecular complexity index is 591. The van der Waals surface area contributed by atoms with Crippen molar-refractivity contribution in [2.45, 2.75) is 18.1 Å². The molecule has 1 aromatic rings. The Morgan fingerprint density at radius 3 is 2.80 bits per heavy atom. The first-order valence-corrected chi connectivity index (χ1v) is 7.83. The number of rotatable bonds is 3. The van der Waals surface area contributed by atoms with Crippen molar-refractivity contribution < 1.29 is 14.0 Å². The highest BCUT2D eigenvalue weighted by Gasteiger charge is 2.34. The van der Waals surface area contributed by atoms with Gasteiger partial charge < -0.3 is 10.6 Å². The van der Waals surface area contributed by atoms with Crippen molar-refractivity contribution in [3.63, 3.8) is 0 Å². The topological polar surface area (TPSA) is 58.2 Å². The molecule has 2 N–H and O–H groups in total. The van der Waals surface area contributed by atoms with E-state index in [1.54, 1.807) is 18.4 Å². The molecule has 1 aromatic carbocycles. The Morgan fingerprint density at radius 2 is 2.15 bits per heavy atom. The minimum Gasteiger partial charge on any atom is -0.356 e. The third-order valence-electron chi connectivity index (χ3n) is 3.88. The molecule has 2 amide bonds. The number of carbonyl (C=O) groups is 2. The lowest BCUT2D eigenvalue weighted by Gasteiger charge is -2.12. The molecule has 0 radical (unpaired) electrons. The second kappa shape index (κ2) is 5.09. The van der Waals surface area contributed by atoms with Gasteiger partial charge in [0.1, 0.15) is 11.1 Å². The van der Waals surface area contributed by atoms with Crippen molar-refractivity contribution in [3.05, 3.63) is 29.1 Å². The van der Waals surface area contributed by atoms with Crippen LogP contribution in [0.15, 0.2) is 12.1 Å². The third-order valence-corrected chi connectivity index (χ3v) is 4.80. The monoisotopic (exact) mass is 294 g/mol. The van der Waals surface area contributed by atoms with Gasteiger partial charge in [0.05, 0.1) is 0 Å². The van der Waals surface area contributed by atoms with Crippen LogP contribution in [-0.4, -0.2) is 24.6 Å². The zero-order chi connectivity index (χ0) is 14.3. The fourth-order valence-corrected chi connectivity index (χ4v) is 3.56. The molecule has 4 nitrogen and oxygen atoms in total. The van der Waals surface area contributed by atoms with Gasteiger partial charge in [0.15, 0.2) is 0 Å². The highest BCUT2D eigenvalue weighted by molar-refractivity contribution is 7.99. The molecule has 2 atom stereocenters. The summed E-state index contributed by atoms with van der Waals surface area (Å²) < 4.78 is 14.6. The lowest BCUT2D eigenvalue weighted by molar-refractivity contribution is -0.122. The number of anilines is 1. The Balaban J connectivity index is 1.93. The average molecular weight is 294 g/mol. The molecular weight excluding hydrogens is 279 g/mol. The molecule has 1 fully saturated rings. The van der Waals surface area contributed by atoms with Gasteiger partial charge in [0, 0.05) is 23.7 Å². The number of halogens is 1. The van der Waals surface area contributed by atoms with Crippen LogP contribution in [-0.2, 0) is 16.0 Å². The lowest BCUT2D eigenvalue weighted by Crippen LogP contribution is -2.20. The molecule has 20 heavy (non-hydrogen) atoms. The zero-order valence-electron chi connectivity index (χ0n) is 11.0. The predicted octanol–water partition coefficient (Wildman–Crippen LogP) is 1.86. The van der Waals surface area contributed by atoms with Crippen LogP contribution >= 0.6 is 11.8 Å². The maximum atomic E-state index is 14.6. The highest BCUT2D eigenvalue weighted by atomic mass is 32.2. The van der Waals surface area contributed by atoms with Crippen LogP contribution in [0.2, 0.25) is 0 Å². The number of carbonyl (C=O) groups excluding carboxylic acids is 2. The third kappa shape index (κ3) is 2.08. The second-order valence-corrected chi connectivity index (χ2v) is 6.03. The van der Waals surface area contributed by atoms with Crippen molar-refractivity contribution in [1.82, 2.24) is 5.32 Å². The average Bonchev–Trinajstić information content (AvgIpc) is 2.96. The van der Waals surface area contributed by atoms with Crippen molar-refractivity contribution in [2.75, 3.05) is 18.1 Å². The maximum absolute atomic E-state index is 14.6. The van der Waals surface area contributed by atoms with Gasteiger partial charge in [-0.1, -0.05) is 6.07 Å². The van der Waals surface area contributed by atoms with Crippen molar-refractivity contribution in [1.29, 1.82) is 0 Å². The summed E-state index contributed by atoms with van der Waals surface area (Å²) in [5, 5.41) is 4.95. The van der Waals surface area contributed by atoms with E-state index in [2.05, 4.69) is 10.6 Å². The predicted molar refractivity (Wildman–Crippen MR) is 76.1 cm³/mol. The van der Waals surface area contributed by atoms with E-state index in [4.69, 9.17) is 0 Å². The summed E-state index contributed by atoms with van der Waals surface area (Å²) in [6, 6.07) is 3.40. The van der Waals surface area contributed by atoms with Gasteiger partial charge in [-0.05, 0) is 30.7 Å². The van der Waals surface area contributed by atoms with Gasteiger partial charge in [-0.15, -0.1) is 11.8 Å². The van der Waals surface area contributed by atoms with E-state index in [1.165, 1.54) is 11.8 Å². The van der Waals surface area contributed by atoms with Crippen LogP contribution < -0.4 is 10.6 Å². The summed E-state index contributed by atoms with van der Waals surface area (Å²) in [5.74, 6) is -0.706. The van der Waals surface area contributed by atoms with Gasteiger partial charge in [-0.25, -0.2) is 4.39 Å². The quantitative estimate of drug-likeness (QED) is 0.894. The molecule has 0 aromatic heterocycles. The molecule has 0 aliphatic carbocycles. The summed E-state index contributed by atoms with van der Waals surface area (Å²) in [5.41, 5.74) is 1.49. The molecule has 106 valence electrons. The summed E-state index contributed by atoms with van der Waals surface area (Å²) in [4.78, 5) is 23.4. The first-order valence-electron chi connectivity index (χ1n) is 6.54. The Morgan fingerprint density at radius 1 is 1.35 bits per heavy atom. The van der Waals surface area contributed by atoms with Crippen LogP contribution in [0.3, 0.4) is 0 Å². The second-order valence-electron chi connectivity index (χ2n) is 5.09. The molecule has 2 unspecified atom stereocenters. The summed E-state index contributed by atoms with van der Waals surface area (Å²) in [7, 11) is 0. The van der Waals surface area contributed by atoms with E-state index in [0.717, 1.165) is 6.42 Å². The van der Waals surface area contributed by atoms with Gasteiger partial charge in [-0.3, -0.25) is 9.59 Å². The van der Waals surface area contributed by atoms with E-state index in [9.17, 15) is 14.0 Å². The smallest absolute Gasteiger partial charge is 0.242 e. The Labute approximate surface area is 120 Å². The van der Waals surface area contributed by atoms with Gasteiger partial charge in [-0.2, -0.15) is 0 Å². The van der Waals surface area contributed by atoms with Crippen LogP contribution in [0.25, 0.3) is 0 Å². The Hall–Kier alpha value is -1.56. The van der Waals surface area contributed by atoms with E-state index in [-0.39, 0.29) is 23.5 Å². The van der Waals surface area contributed by atoms with Crippen LogP contribution in [0.5, 0.6) is 0 Å². The highest BCUT2D eigenvalue weighted by Crippen LogP contribution is 2.41. The van der Waals surface area contributed by atoms with E-state index >= 15 is 0 Å². The molecule has 0 saturated carbocycles. The van der Waals surface area contributed by atoms with Crippen molar-refractivity contribution in [2.24, 2.45) is 5.92 Å². The molecule has 2 aliphatic rings. The largest absolute Gasteiger partial charge is 0.356 e. The number of hydrogen-bond donors (Lipinski definition) is 2. The standard InChI is InChI=1S/C14H15FN2O2S/c1-20-12-10-9(17-14(12)19)3-2-7(11(10)15)6-8-4-5-16-13(8)18/h2-3,8,12H,4-6H2,1H3,(H,16,18)(H,17,19). The molecule has 0 bridgehead atoms. The molecule has 2 aliphatic heterocycles. The van der Waals surface area contributed by atoms with E-state index in [1.807, 2.05) is 0 Å². The summed E-state index contributed by atoms with van der Waals surface area (Å²) in [6.45, 7) is 0.656. The SMILES string of the molecule is CSC1C(=O)Nc2ccc(CC3CCNC3=O)c(F)c21. The number of nitrogens with one attached hydrogen (secondary N) is 2. The normalized spacial score (nSPS) is 24.5. The van der Waals surface area contributed by atoms with Crippen molar-refractivity contribution >= 4 is 29.3 Å². The van der Waals surface area contributed by atoms with Gasteiger partial charge in [0.25, 0.3) is 0 Å². The van der Waals surface area contributed by atoms with E-state index < -0.39 is 5.25 Å². The van der Waals surface area contributed by atoms with Gasteiger partial charge in [0.2, 0.25) is 11.8 Å². The molecule has 6 heteroatoms. The molecule has 2 heterocycles. The molecular formula is C14H15FN2O2S. The molecule has 0 spiro atoms. The molecule has 3 rings (SSSR count). The zero-order valence-corrected chi connectivity index (χ0v) is 11.8. The number of hydrogen-bond acceptors (Lipinski definition) is 3. The Kier molecular flexibility index (Phi) is 3.41. The first-order chi connectivity index (χ1) is 9.61. The number of benzene rings is 1. The van der Waals surface area contributed by atoms with Crippen LogP contribution in [0.4, 0.5) is 10.1 Å². The van der Waals surface area contributed by atoms with Crippen molar-refractivity contribution in [3.8, 4) is 0 Å². The number of fused-ring (bicyclic) bond motifs is 1. The summed E-state index contributed by atoms with van der Waals surface area (Å²) >= 11 is 1.32. The number of thioether (sulfide) groups is 1. The summed E-state index contributed by atoms with van der Waals surface area (Å²) in [6.07, 6.45) is 2.91. The lowest BCUT2D eigenvalue weighted by atomic mass is 9.95. The molecule has 1 saturated heterocycles. The number of amides is 2. The van der Waals surface area contributed by atoms with Gasteiger partial charge >= 0.3 is 0 Å². The minimum atomic E-state index is -0.498. The van der Waals surface area contributed by atoms with Crippen LogP contribution in [0.1, 0.15) is 22.8 Å². The van der Waals surface area contributed by atoms with E-state index in [0.29, 0.717) is 29.8 Å². The minimum absolute atomic E-state index is 0.0134.